The predicted molar refractivity (Wildman–Crippen MR) is 111 cm³/mol. The minimum absolute atomic E-state index is 0.261. The summed E-state index contributed by atoms with van der Waals surface area (Å²) in [5.74, 6) is -0.468. The highest BCUT2D eigenvalue weighted by molar-refractivity contribution is 6.31. The first kappa shape index (κ1) is 17.8. The number of anilines is 1. The maximum absolute atomic E-state index is 14.9. The average molecular weight is 411 g/mol. The van der Waals surface area contributed by atoms with Crippen LogP contribution in [-0.4, -0.2) is 13.7 Å². The third-order valence-electron chi connectivity index (χ3n) is 5.49. The smallest absolute Gasteiger partial charge is 0.331 e. The van der Waals surface area contributed by atoms with E-state index in [9.17, 15) is 14.0 Å². The Morgan fingerprint density at radius 3 is 2.55 bits per heavy atom. The van der Waals surface area contributed by atoms with Gasteiger partial charge in [0.25, 0.3) is 5.56 Å². The molecule has 5 rings (SSSR count). The van der Waals surface area contributed by atoms with Gasteiger partial charge in [0.1, 0.15) is 5.82 Å². The molecule has 0 radical (unpaired) electrons. The van der Waals surface area contributed by atoms with Gasteiger partial charge in [-0.1, -0.05) is 29.8 Å². The quantitative estimate of drug-likeness (QED) is 0.523. The van der Waals surface area contributed by atoms with Gasteiger partial charge in [-0.3, -0.25) is 13.9 Å². The van der Waals surface area contributed by atoms with E-state index in [1.54, 1.807) is 25.4 Å². The predicted octanol–water partition coefficient (Wildman–Crippen LogP) is 3.34. The van der Waals surface area contributed by atoms with Crippen LogP contribution in [0.3, 0.4) is 0 Å². The molecule has 3 heterocycles. The Labute approximate surface area is 169 Å². The van der Waals surface area contributed by atoms with Gasteiger partial charge < -0.3 is 9.88 Å². The van der Waals surface area contributed by atoms with Crippen LogP contribution in [0.15, 0.2) is 58.3 Å². The van der Waals surface area contributed by atoms with E-state index in [-0.39, 0.29) is 10.6 Å². The van der Waals surface area contributed by atoms with Gasteiger partial charge in [-0.15, -0.1) is 0 Å². The van der Waals surface area contributed by atoms with Gasteiger partial charge in [0.15, 0.2) is 0 Å². The topological polar surface area (TPSA) is 61.0 Å². The molecule has 146 valence electrons. The Morgan fingerprint density at radius 1 is 1.03 bits per heavy atom. The van der Waals surface area contributed by atoms with Crippen LogP contribution in [0.4, 0.5) is 10.1 Å². The fourth-order valence-corrected chi connectivity index (χ4v) is 4.38. The fourth-order valence-electron chi connectivity index (χ4n) is 4.11. The van der Waals surface area contributed by atoms with Crippen molar-refractivity contribution in [1.82, 2.24) is 13.7 Å². The summed E-state index contributed by atoms with van der Waals surface area (Å²) >= 11 is 6.38. The van der Waals surface area contributed by atoms with Crippen LogP contribution in [0.25, 0.3) is 16.6 Å². The van der Waals surface area contributed by atoms with E-state index in [1.165, 1.54) is 17.7 Å². The van der Waals surface area contributed by atoms with Gasteiger partial charge in [-0.05, 0) is 24.3 Å². The van der Waals surface area contributed by atoms with Crippen molar-refractivity contribution >= 4 is 28.2 Å². The first-order valence-electron chi connectivity index (χ1n) is 9.01. The Hall–Kier alpha value is -3.32. The van der Waals surface area contributed by atoms with Gasteiger partial charge in [0.05, 0.1) is 34.0 Å². The summed E-state index contributed by atoms with van der Waals surface area (Å²) in [5.41, 5.74) is 2.02. The Bertz CT molecular complexity index is 1410. The van der Waals surface area contributed by atoms with E-state index in [1.807, 2.05) is 28.8 Å². The molecule has 2 aromatic carbocycles. The maximum Gasteiger partial charge on any atom is 0.331 e. The fraction of sp³-hybridized carbons (Fsp3) is 0.143. The number of fused-ring (bicyclic) bond motifs is 5. The largest absolute Gasteiger partial charge is 0.371 e. The zero-order valence-corrected chi connectivity index (χ0v) is 16.4. The van der Waals surface area contributed by atoms with Crippen LogP contribution in [0.1, 0.15) is 17.3 Å². The van der Waals surface area contributed by atoms with Crippen LogP contribution in [0.2, 0.25) is 5.02 Å². The van der Waals surface area contributed by atoms with Crippen molar-refractivity contribution < 1.29 is 4.39 Å². The summed E-state index contributed by atoms with van der Waals surface area (Å²) < 4.78 is 19.2. The van der Waals surface area contributed by atoms with Gasteiger partial charge in [0, 0.05) is 30.9 Å². The SMILES string of the molecule is Cn1c(=O)c2cn3c(c2n(C)c1=O)[C@H](c1c(F)cccc1Cl)Nc1ccccc1-3. The van der Waals surface area contributed by atoms with Gasteiger partial charge in [-0.2, -0.15) is 0 Å². The van der Waals surface area contributed by atoms with E-state index in [0.29, 0.717) is 16.6 Å². The molecule has 1 atom stereocenters. The van der Waals surface area contributed by atoms with E-state index < -0.39 is 23.1 Å². The molecule has 1 aliphatic heterocycles. The molecular weight excluding hydrogens is 395 g/mol. The first-order valence-corrected chi connectivity index (χ1v) is 9.38. The van der Waals surface area contributed by atoms with Crippen molar-refractivity contribution in [1.29, 1.82) is 0 Å². The van der Waals surface area contributed by atoms with Crippen LogP contribution < -0.4 is 16.6 Å². The summed E-state index contributed by atoms with van der Waals surface area (Å²) in [5, 5.41) is 3.98. The summed E-state index contributed by atoms with van der Waals surface area (Å²) in [6, 6.07) is 11.3. The summed E-state index contributed by atoms with van der Waals surface area (Å²) in [6.07, 6.45) is 1.70. The standard InChI is InChI=1S/C21H16ClFN4O2/c1-25-18-11(20(28)26(2)21(25)29)10-27-15-9-4-3-8-14(15)24-17(19(18)27)16-12(22)6-5-7-13(16)23/h3-10,17,24H,1-2H3/t17-/m0/s1. The van der Waals surface area contributed by atoms with E-state index >= 15 is 0 Å². The molecule has 6 nitrogen and oxygen atoms in total. The monoisotopic (exact) mass is 410 g/mol. The highest BCUT2D eigenvalue weighted by atomic mass is 35.5. The van der Waals surface area contributed by atoms with E-state index in [0.717, 1.165) is 15.9 Å². The number of rotatable bonds is 1. The molecule has 8 heteroatoms. The number of para-hydroxylation sites is 2. The molecule has 2 aromatic heterocycles. The molecule has 1 aliphatic rings. The van der Waals surface area contributed by atoms with Crippen LogP contribution in [0.5, 0.6) is 0 Å². The lowest BCUT2D eigenvalue weighted by Crippen LogP contribution is -2.37. The zero-order chi connectivity index (χ0) is 20.4. The number of aromatic nitrogens is 3. The second-order valence-electron chi connectivity index (χ2n) is 7.08. The van der Waals surface area contributed by atoms with Crippen molar-refractivity contribution in [3.8, 4) is 5.69 Å². The maximum atomic E-state index is 14.9. The van der Waals surface area contributed by atoms with Crippen molar-refractivity contribution in [2.45, 2.75) is 6.04 Å². The molecule has 0 saturated carbocycles. The first-order chi connectivity index (χ1) is 13.9. The molecule has 0 spiro atoms. The van der Waals surface area contributed by atoms with E-state index in [4.69, 9.17) is 11.6 Å². The van der Waals surface area contributed by atoms with Crippen LogP contribution >= 0.6 is 11.6 Å². The zero-order valence-electron chi connectivity index (χ0n) is 15.6. The Kier molecular flexibility index (Phi) is 3.73. The molecule has 0 aliphatic carbocycles. The number of hydrogen-bond acceptors (Lipinski definition) is 3. The lowest BCUT2D eigenvalue weighted by atomic mass is 9.99. The Balaban J connectivity index is 1.98. The minimum atomic E-state index is -0.686. The molecule has 1 N–H and O–H groups in total. The van der Waals surface area contributed by atoms with Gasteiger partial charge >= 0.3 is 5.69 Å². The Morgan fingerprint density at radius 2 is 1.79 bits per heavy atom. The molecule has 0 amide bonds. The second kappa shape index (κ2) is 6.09. The molecule has 4 aromatic rings. The van der Waals surface area contributed by atoms with Crippen LogP contribution in [0, 0.1) is 5.82 Å². The number of nitrogens with zero attached hydrogens (tertiary/aromatic N) is 3. The molecule has 0 fully saturated rings. The highest BCUT2D eigenvalue weighted by Crippen LogP contribution is 2.42. The molecule has 0 saturated heterocycles. The van der Waals surface area contributed by atoms with Crippen molar-refractivity contribution in [3.05, 3.63) is 91.6 Å². The minimum Gasteiger partial charge on any atom is -0.371 e. The third kappa shape index (κ3) is 2.34. The third-order valence-corrected chi connectivity index (χ3v) is 5.81. The van der Waals surface area contributed by atoms with Gasteiger partial charge in [-0.25, -0.2) is 9.18 Å². The molecular formula is C21H16ClFN4O2. The molecule has 0 bridgehead atoms. The van der Waals surface area contributed by atoms with Crippen molar-refractivity contribution in [3.63, 3.8) is 0 Å². The number of halogens is 2. The lowest BCUT2D eigenvalue weighted by molar-refractivity contribution is 0.599. The molecule has 0 unspecified atom stereocenters. The van der Waals surface area contributed by atoms with Crippen LogP contribution in [-0.2, 0) is 14.1 Å². The lowest BCUT2D eigenvalue weighted by Gasteiger charge is -2.30. The number of hydrogen-bond donors (Lipinski definition) is 1. The summed E-state index contributed by atoms with van der Waals surface area (Å²) in [7, 11) is 3.05. The van der Waals surface area contributed by atoms with E-state index in [2.05, 4.69) is 5.32 Å². The van der Waals surface area contributed by atoms with Crippen molar-refractivity contribution in [2.24, 2.45) is 14.1 Å². The summed E-state index contributed by atoms with van der Waals surface area (Å²) in [4.78, 5) is 25.4. The summed E-state index contributed by atoms with van der Waals surface area (Å²) in [6.45, 7) is 0. The highest BCUT2D eigenvalue weighted by Gasteiger charge is 2.33. The average Bonchev–Trinajstić information content (AvgIpc) is 3.12. The number of benzene rings is 2. The number of aryl methyl sites for hydroxylation is 1. The normalized spacial score (nSPS) is 15.1. The second-order valence-corrected chi connectivity index (χ2v) is 7.49. The van der Waals surface area contributed by atoms with Gasteiger partial charge in [0.2, 0.25) is 0 Å². The molecule has 29 heavy (non-hydrogen) atoms. The van der Waals surface area contributed by atoms with Crippen molar-refractivity contribution in [2.75, 3.05) is 5.32 Å². The number of nitrogens with one attached hydrogen (secondary N) is 1.